The summed E-state index contributed by atoms with van der Waals surface area (Å²) in [5.41, 5.74) is 2.51. The highest BCUT2D eigenvalue weighted by Gasteiger charge is 2.15. The Hall–Kier alpha value is -3.71. The van der Waals surface area contributed by atoms with E-state index in [1.54, 1.807) is 17.7 Å². The Kier molecular flexibility index (Phi) is 5.10. The quantitative estimate of drug-likeness (QED) is 0.379. The van der Waals surface area contributed by atoms with E-state index in [-0.39, 0.29) is 0 Å². The van der Waals surface area contributed by atoms with Crippen molar-refractivity contribution in [3.63, 3.8) is 0 Å². The number of ether oxygens (including phenoxy) is 1. The van der Waals surface area contributed by atoms with E-state index in [1.165, 1.54) is 0 Å². The van der Waals surface area contributed by atoms with Gasteiger partial charge in [0.25, 0.3) is 0 Å². The number of hydrogen-bond acceptors (Lipinski definition) is 6. The summed E-state index contributed by atoms with van der Waals surface area (Å²) < 4.78 is 7.77. The zero-order valence-electron chi connectivity index (χ0n) is 16.1. The third kappa shape index (κ3) is 3.75. The van der Waals surface area contributed by atoms with Gasteiger partial charge < -0.3 is 10.1 Å². The summed E-state index contributed by atoms with van der Waals surface area (Å²) >= 11 is 1.62. The zero-order valence-corrected chi connectivity index (χ0v) is 16.9. The highest BCUT2D eigenvalue weighted by atomic mass is 32.1. The normalized spacial score (nSPS) is 10.9. The van der Waals surface area contributed by atoms with Gasteiger partial charge in [0, 0.05) is 5.69 Å². The van der Waals surface area contributed by atoms with Gasteiger partial charge in [-0.15, -0.1) is 11.3 Å². The number of nitrogens with zero attached hydrogens (tertiary/aromatic N) is 4. The van der Waals surface area contributed by atoms with Crippen LogP contribution in [0.3, 0.4) is 0 Å². The number of aromatic nitrogens is 4. The van der Waals surface area contributed by atoms with Crippen LogP contribution in [0.1, 0.15) is 0 Å². The van der Waals surface area contributed by atoms with Gasteiger partial charge in [-0.1, -0.05) is 42.5 Å². The van der Waals surface area contributed by atoms with Crippen molar-refractivity contribution in [3.05, 3.63) is 84.5 Å². The highest BCUT2D eigenvalue weighted by molar-refractivity contribution is 7.13. The Balaban J connectivity index is 1.46. The molecule has 2 aromatic carbocycles. The van der Waals surface area contributed by atoms with Crippen molar-refractivity contribution in [2.45, 2.75) is 0 Å². The van der Waals surface area contributed by atoms with Crippen molar-refractivity contribution in [2.24, 2.45) is 0 Å². The van der Waals surface area contributed by atoms with Crippen LogP contribution in [0.2, 0.25) is 0 Å². The second-order valence-electron chi connectivity index (χ2n) is 6.58. The summed E-state index contributed by atoms with van der Waals surface area (Å²) in [5, 5.41) is 5.40. The molecule has 1 N–H and O–H groups in total. The lowest BCUT2D eigenvalue weighted by molar-refractivity contribution is 0.333. The van der Waals surface area contributed by atoms with Crippen molar-refractivity contribution in [3.8, 4) is 22.1 Å². The summed E-state index contributed by atoms with van der Waals surface area (Å²) in [6.45, 7) is 1.12. The Bertz CT molecular complexity index is 1240. The topological polar surface area (TPSA) is 64.9 Å². The summed E-state index contributed by atoms with van der Waals surface area (Å²) in [7, 11) is 0. The fraction of sp³-hybridized carbons (Fsp3) is 0.0870. The first-order chi connectivity index (χ1) is 14.9. The van der Waals surface area contributed by atoms with Crippen LogP contribution in [0.4, 0.5) is 5.82 Å². The van der Waals surface area contributed by atoms with Crippen molar-refractivity contribution in [1.29, 1.82) is 0 Å². The molecular formula is C23H19N5OS. The Morgan fingerprint density at radius 2 is 1.70 bits per heavy atom. The smallest absolute Gasteiger partial charge is 0.174 e. The highest BCUT2D eigenvalue weighted by Crippen LogP contribution is 2.28. The van der Waals surface area contributed by atoms with Crippen molar-refractivity contribution >= 4 is 28.3 Å². The van der Waals surface area contributed by atoms with Crippen LogP contribution in [-0.2, 0) is 0 Å². The molecule has 0 atom stereocenters. The fourth-order valence-corrected chi connectivity index (χ4v) is 3.83. The van der Waals surface area contributed by atoms with Crippen molar-refractivity contribution in [1.82, 2.24) is 19.5 Å². The van der Waals surface area contributed by atoms with Crippen LogP contribution in [0.25, 0.3) is 27.6 Å². The molecule has 0 saturated carbocycles. The molecule has 0 spiro atoms. The number of rotatable bonds is 7. The number of thiophene rings is 1. The summed E-state index contributed by atoms with van der Waals surface area (Å²) in [4.78, 5) is 15.2. The van der Waals surface area contributed by atoms with Gasteiger partial charge in [0.15, 0.2) is 22.8 Å². The number of para-hydroxylation sites is 2. The molecule has 148 valence electrons. The Morgan fingerprint density at radius 1 is 0.900 bits per heavy atom. The van der Waals surface area contributed by atoms with Gasteiger partial charge in [-0.2, -0.15) is 0 Å². The molecular weight excluding hydrogens is 394 g/mol. The average Bonchev–Trinajstić information content (AvgIpc) is 3.48. The Morgan fingerprint density at radius 3 is 2.47 bits per heavy atom. The van der Waals surface area contributed by atoms with E-state index in [2.05, 4.69) is 10.3 Å². The van der Waals surface area contributed by atoms with E-state index in [4.69, 9.17) is 14.7 Å². The van der Waals surface area contributed by atoms with Gasteiger partial charge in [0.1, 0.15) is 18.7 Å². The van der Waals surface area contributed by atoms with Crippen LogP contribution in [0.15, 0.2) is 84.5 Å². The number of anilines is 1. The molecule has 3 aromatic heterocycles. The predicted molar refractivity (Wildman–Crippen MR) is 120 cm³/mol. The van der Waals surface area contributed by atoms with Gasteiger partial charge in [-0.3, -0.25) is 4.57 Å². The van der Waals surface area contributed by atoms with E-state index in [0.29, 0.717) is 24.8 Å². The molecule has 0 radical (unpaired) electrons. The van der Waals surface area contributed by atoms with Crippen LogP contribution >= 0.6 is 11.3 Å². The molecule has 0 unspecified atom stereocenters. The largest absolute Gasteiger partial charge is 0.492 e. The summed E-state index contributed by atoms with van der Waals surface area (Å²) in [6, 6.07) is 23.9. The summed E-state index contributed by atoms with van der Waals surface area (Å²) in [6.07, 6.45) is 1.79. The molecule has 0 saturated heterocycles. The number of benzene rings is 2. The number of imidazole rings is 1. The fourth-order valence-electron chi connectivity index (χ4n) is 3.17. The lowest BCUT2D eigenvalue weighted by Gasteiger charge is -2.10. The molecule has 0 aliphatic rings. The standard InChI is InChI=1S/C23H19N5OS/c1-3-8-17(9-4-1)28-16-25-20-22(24-13-14-29-18-10-5-2-6-11-18)26-21(27-23(20)28)19-12-7-15-30-19/h1-12,15-16H,13-14H2,(H,24,26,27). The minimum Gasteiger partial charge on any atom is -0.492 e. The molecule has 0 aliphatic carbocycles. The third-order valence-electron chi connectivity index (χ3n) is 4.58. The van der Waals surface area contributed by atoms with E-state index >= 15 is 0 Å². The zero-order chi connectivity index (χ0) is 20.2. The molecule has 5 aromatic rings. The van der Waals surface area contributed by atoms with Crippen LogP contribution < -0.4 is 10.1 Å². The SMILES string of the molecule is c1ccc(OCCNc2nc(-c3cccs3)nc3c2ncn3-c2ccccc2)cc1. The first-order valence-corrected chi connectivity index (χ1v) is 10.5. The average molecular weight is 414 g/mol. The first kappa shape index (κ1) is 18.3. The molecule has 7 heteroatoms. The Labute approximate surface area is 177 Å². The monoisotopic (exact) mass is 413 g/mol. The van der Waals surface area contributed by atoms with Crippen molar-refractivity contribution in [2.75, 3.05) is 18.5 Å². The molecule has 0 fully saturated rings. The second kappa shape index (κ2) is 8.34. The van der Waals surface area contributed by atoms with E-state index in [9.17, 15) is 0 Å². The molecule has 5 rings (SSSR count). The summed E-state index contributed by atoms with van der Waals surface area (Å²) in [5.74, 6) is 2.23. The van der Waals surface area contributed by atoms with E-state index < -0.39 is 0 Å². The van der Waals surface area contributed by atoms with Gasteiger partial charge in [-0.05, 0) is 35.7 Å². The lowest BCUT2D eigenvalue weighted by atomic mass is 10.3. The van der Waals surface area contributed by atoms with Gasteiger partial charge in [0.2, 0.25) is 0 Å². The predicted octanol–water partition coefficient (Wildman–Crippen LogP) is 5.03. The minimum atomic E-state index is 0.517. The molecule has 30 heavy (non-hydrogen) atoms. The number of fused-ring (bicyclic) bond motifs is 1. The van der Waals surface area contributed by atoms with Gasteiger partial charge >= 0.3 is 0 Å². The number of hydrogen-bond donors (Lipinski definition) is 1. The maximum Gasteiger partial charge on any atom is 0.174 e. The maximum absolute atomic E-state index is 5.79. The van der Waals surface area contributed by atoms with Crippen LogP contribution in [0, 0.1) is 0 Å². The van der Waals surface area contributed by atoms with Gasteiger partial charge in [-0.25, -0.2) is 15.0 Å². The minimum absolute atomic E-state index is 0.517. The molecule has 0 aliphatic heterocycles. The molecule has 3 heterocycles. The first-order valence-electron chi connectivity index (χ1n) is 9.64. The van der Waals surface area contributed by atoms with E-state index in [1.807, 2.05) is 82.7 Å². The third-order valence-corrected chi connectivity index (χ3v) is 5.44. The second-order valence-corrected chi connectivity index (χ2v) is 7.53. The number of nitrogens with one attached hydrogen (secondary N) is 1. The van der Waals surface area contributed by atoms with E-state index in [0.717, 1.165) is 27.5 Å². The van der Waals surface area contributed by atoms with Gasteiger partial charge in [0.05, 0.1) is 11.4 Å². The van der Waals surface area contributed by atoms with Crippen LogP contribution in [-0.4, -0.2) is 32.7 Å². The lowest BCUT2D eigenvalue weighted by Crippen LogP contribution is -2.13. The van der Waals surface area contributed by atoms with Crippen LogP contribution in [0.5, 0.6) is 5.75 Å². The maximum atomic E-state index is 5.79. The molecule has 0 amide bonds. The molecule has 6 nitrogen and oxygen atoms in total. The van der Waals surface area contributed by atoms with Crippen molar-refractivity contribution < 1.29 is 4.74 Å². The molecule has 0 bridgehead atoms.